The molecule has 16 heteroatoms. The minimum atomic E-state index is -2.04. The summed E-state index contributed by atoms with van der Waals surface area (Å²) < 4.78 is 23.8. The van der Waals surface area contributed by atoms with Crippen LogP contribution < -0.4 is 10.1 Å². The molecule has 6 N–H and O–H groups in total. The first-order valence-electron chi connectivity index (χ1n) is 22.2. The normalized spacial score (nSPS) is 32.1. The number of hydrazone groups is 1. The molecule has 5 aliphatic rings. The average Bonchev–Trinajstić information content (AvgIpc) is 3.89. The molecule has 1 saturated carbocycles. The molecular weight excluding hydrogens is 813 g/mol. The third-order valence-corrected chi connectivity index (χ3v) is 13.9. The Morgan fingerprint density at radius 1 is 0.921 bits per heavy atom. The van der Waals surface area contributed by atoms with Crippen LogP contribution in [0.25, 0.3) is 10.8 Å². The van der Waals surface area contributed by atoms with E-state index >= 15 is 0 Å². The number of esters is 1. The van der Waals surface area contributed by atoms with Crippen molar-refractivity contribution < 1.29 is 58.9 Å². The zero-order valence-corrected chi connectivity index (χ0v) is 38.0. The number of aromatic hydroxyl groups is 3. The van der Waals surface area contributed by atoms with Gasteiger partial charge in [0, 0.05) is 87.5 Å². The lowest BCUT2D eigenvalue weighted by Crippen LogP contribution is -2.47. The van der Waals surface area contributed by atoms with Gasteiger partial charge in [0.2, 0.25) is 0 Å². The number of amides is 1. The van der Waals surface area contributed by atoms with E-state index in [9.17, 15) is 39.9 Å². The molecule has 9 atom stereocenters. The number of hydrogen-bond acceptors (Lipinski definition) is 15. The van der Waals surface area contributed by atoms with Gasteiger partial charge in [0.15, 0.2) is 5.75 Å². The number of phenolic OH excluding ortho intramolecular Hbond substituents is 3. The number of ketones is 1. The maximum absolute atomic E-state index is 14.5. The van der Waals surface area contributed by atoms with Crippen molar-refractivity contribution >= 4 is 40.3 Å². The van der Waals surface area contributed by atoms with Gasteiger partial charge in [-0.15, -0.1) is 0 Å². The van der Waals surface area contributed by atoms with Crippen molar-refractivity contribution in [3.63, 3.8) is 0 Å². The summed E-state index contributed by atoms with van der Waals surface area (Å²) in [6.45, 7) is 15.6. The standard InChI is InChI=1S/C47H66N4O12/c1-24-13-12-14-25(2)46(59)49-37-32(23-48-51-20-18-50(19-21-51)31-15-10-11-16-31)41(56)34-35(42(37)57)40(55)29(6)44-36(34)45(58)47(8,63-44)61-22-17-33(60-9)26(3)43(62-30(7)52)28(5)39(54)27(4)38(24)53/h14,17,22-24,26-28,31,33,38-39,43,53-57H,10-13,15-16,18-21H2,1-9H3,(H,49,59)/b22-17+,25-14-,48-23+/t24-,26+,27+,28+,33-,38?,39+,43+,47-/m0/s1. The van der Waals surface area contributed by atoms with Gasteiger partial charge in [-0.05, 0) is 51.5 Å². The van der Waals surface area contributed by atoms with Crippen LogP contribution in [0.2, 0.25) is 0 Å². The molecule has 4 aliphatic heterocycles. The van der Waals surface area contributed by atoms with Crippen LogP contribution in [0.4, 0.5) is 5.69 Å². The van der Waals surface area contributed by atoms with E-state index in [1.807, 2.05) is 11.9 Å². The molecule has 1 amide bonds. The summed E-state index contributed by atoms with van der Waals surface area (Å²) in [6.07, 6.45) is 7.67. The van der Waals surface area contributed by atoms with Crippen molar-refractivity contribution in [1.82, 2.24) is 9.91 Å². The van der Waals surface area contributed by atoms with Crippen molar-refractivity contribution in [1.29, 1.82) is 0 Å². The number of piperazine rings is 1. The van der Waals surface area contributed by atoms with Gasteiger partial charge in [0.05, 0.1) is 53.0 Å². The smallest absolute Gasteiger partial charge is 0.312 e. The number of nitrogens with zero attached hydrogens (tertiary/aromatic N) is 3. The number of carbonyl (C=O) groups is 3. The highest BCUT2D eigenvalue weighted by atomic mass is 16.7. The van der Waals surface area contributed by atoms with Crippen LogP contribution in [0, 0.1) is 30.6 Å². The molecule has 2 aromatic carbocycles. The Morgan fingerprint density at radius 2 is 1.59 bits per heavy atom. The number of fused-ring (bicyclic) bond motifs is 15. The summed E-state index contributed by atoms with van der Waals surface area (Å²) in [5.41, 5.74) is -0.145. The summed E-state index contributed by atoms with van der Waals surface area (Å²) in [7, 11) is 1.45. The third-order valence-electron chi connectivity index (χ3n) is 13.9. The number of nitrogens with one attached hydrogen (secondary N) is 1. The van der Waals surface area contributed by atoms with Gasteiger partial charge in [-0.2, -0.15) is 5.10 Å². The number of methoxy groups -OCH3 is 1. The number of rotatable bonds is 5. The molecule has 2 aromatic rings. The number of hydrogen-bond donors (Lipinski definition) is 6. The molecule has 0 radical (unpaired) electrons. The van der Waals surface area contributed by atoms with E-state index in [-0.39, 0.29) is 50.4 Å². The van der Waals surface area contributed by atoms with Gasteiger partial charge < -0.3 is 49.8 Å². The summed E-state index contributed by atoms with van der Waals surface area (Å²) in [5.74, 6) is -7.88. The second-order valence-electron chi connectivity index (χ2n) is 18.1. The van der Waals surface area contributed by atoms with Gasteiger partial charge in [-0.1, -0.05) is 46.6 Å². The molecule has 5 bridgehead atoms. The van der Waals surface area contributed by atoms with E-state index in [1.165, 1.54) is 72.1 Å². The molecular formula is C47H66N4O12. The Morgan fingerprint density at radius 3 is 2.22 bits per heavy atom. The molecule has 4 heterocycles. The summed E-state index contributed by atoms with van der Waals surface area (Å²) in [4.78, 5) is 43.3. The lowest BCUT2D eigenvalue weighted by Gasteiger charge is -2.38. The van der Waals surface area contributed by atoms with E-state index in [0.717, 1.165) is 13.1 Å². The number of aliphatic hydroxyl groups is 2. The van der Waals surface area contributed by atoms with Gasteiger partial charge in [-0.3, -0.25) is 24.3 Å². The molecule has 16 nitrogen and oxygen atoms in total. The number of carbonyl (C=O) groups excluding carboxylic acids is 3. The first kappa shape index (κ1) is 47.6. The van der Waals surface area contributed by atoms with Crippen molar-refractivity contribution in [2.24, 2.45) is 28.8 Å². The second-order valence-corrected chi connectivity index (χ2v) is 18.1. The Labute approximate surface area is 369 Å². The summed E-state index contributed by atoms with van der Waals surface area (Å²) in [5, 5.41) is 67.7. The zero-order valence-electron chi connectivity index (χ0n) is 38.0. The van der Waals surface area contributed by atoms with Crippen LogP contribution in [0.1, 0.15) is 108 Å². The van der Waals surface area contributed by atoms with Crippen LogP contribution in [0.5, 0.6) is 23.0 Å². The van der Waals surface area contributed by atoms with Crippen molar-refractivity contribution in [3.05, 3.63) is 40.7 Å². The minimum absolute atomic E-state index is 0.0722. The fourth-order valence-corrected chi connectivity index (χ4v) is 9.77. The Kier molecular flexibility index (Phi) is 14.7. The average molecular weight is 879 g/mol. The van der Waals surface area contributed by atoms with E-state index in [0.29, 0.717) is 32.0 Å². The molecule has 7 rings (SSSR count). The summed E-state index contributed by atoms with van der Waals surface area (Å²) >= 11 is 0. The quantitative estimate of drug-likeness (QED) is 0.0896. The Bertz CT molecular complexity index is 2140. The van der Waals surface area contributed by atoms with Gasteiger partial charge >= 0.3 is 11.8 Å². The first-order valence-corrected chi connectivity index (χ1v) is 22.2. The van der Waals surface area contributed by atoms with Crippen molar-refractivity contribution in [2.75, 3.05) is 38.6 Å². The number of aliphatic hydroxyl groups excluding tert-OH is 2. The van der Waals surface area contributed by atoms with Gasteiger partial charge in [0.25, 0.3) is 11.7 Å². The first-order chi connectivity index (χ1) is 29.8. The molecule has 0 aromatic heterocycles. The number of phenols is 3. The predicted octanol–water partition coefficient (Wildman–Crippen LogP) is 5.87. The summed E-state index contributed by atoms with van der Waals surface area (Å²) in [6, 6.07) is 0.558. The highest BCUT2D eigenvalue weighted by Gasteiger charge is 2.50. The molecule has 1 aliphatic carbocycles. The van der Waals surface area contributed by atoms with Crippen LogP contribution in [0.15, 0.2) is 29.1 Å². The molecule has 1 unspecified atom stereocenters. The maximum Gasteiger partial charge on any atom is 0.312 e. The Balaban J connectivity index is 1.45. The number of benzene rings is 2. The molecule has 0 spiro atoms. The van der Waals surface area contributed by atoms with E-state index in [4.69, 9.17) is 24.0 Å². The molecule has 2 fully saturated rings. The number of anilines is 1. The molecule has 346 valence electrons. The molecule has 63 heavy (non-hydrogen) atoms. The van der Waals surface area contributed by atoms with Crippen LogP contribution in [-0.2, 0) is 23.8 Å². The van der Waals surface area contributed by atoms with Crippen molar-refractivity contribution in [3.8, 4) is 23.0 Å². The van der Waals surface area contributed by atoms with Crippen LogP contribution in [-0.4, -0.2) is 129 Å². The SMILES string of the molecule is CO[C@H]1/C=C/O[C@@]2(C)Oc3c(C)c(O)c4c(O)c(c(/C=N/N5CCN(C6CCCC6)CC5)c(O)c4c3C2=O)NC(=O)/C(C)=C\CC[C@H](C)C(O)[C@@H](C)[C@@H](O)[C@@H](C)[C@H](OC(C)=O)[C@@H]1C. The number of Topliss-reactive ketones (excluding diaryl/α,β-unsaturated/α-hetero) is 1. The fraction of sp³-hybridized carbons (Fsp3) is 0.617. The number of allylic oxidation sites excluding steroid dienone is 1. The Hall–Kier alpha value is -4.90. The zero-order chi connectivity index (χ0) is 46.1. The van der Waals surface area contributed by atoms with E-state index in [1.54, 1.807) is 33.8 Å². The number of ether oxygens (including phenoxy) is 4. The van der Waals surface area contributed by atoms with E-state index < -0.39 is 82.9 Å². The highest BCUT2D eigenvalue weighted by Crippen LogP contribution is 2.55. The second kappa shape index (κ2) is 19.5. The predicted molar refractivity (Wildman–Crippen MR) is 237 cm³/mol. The van der Waals surface area contributed by atoms with Crippen LogP contribution >= 0.6 is 0 Å². The minimum Gasteiger partial charge on any atom is -0.507 e. The largest absolute Gasteiger partial charge is 0.507 e. The molecule has 1 saturated heterocycles. The lowest BCUT2D eigenvalue weighted by atomic mass is 9.78. The van der Waals surface area contributed by atoms with Gasteiger partial charge in [-0.25, -0.2) is 0 Å². The monoisotopic (exact) mass is 878 g/mol. The van der Waals surface area contributed by atoms with Crippen molar-refractivity contribution in [2.45, 2.75) is 130 Å². The van der Waals surface area contributed by atoms with E-state index in [2.05, 4.69) is 10.2 Å². The highest BCUT2D eigenvalue weighted by molar-refractivity contribution is 6.23. The lowest BCUT2D eigenvalue weighted by molar-refractivity contribution is -0.160. The van der Waals surface area contributed by atoms with Gasteiger partial charge in [0.1, 0.15) is 23.4 Å². The topological polar surface area (TPSA) is 220 Å². The fourth-order valence-electron chi connectivity index (χ4n) is 9.77. The third kappa shape index (κ3) is 9.50. The maximum atomic E-state index is 14.5. The van der Waals surface area contributed by atoms with Crippen LogP contribution in [0.3, 0.4) is 0 Å².